The van der Waals surface area contributed by atoms with Crippen molar-refractivity contribution in [1.29, 1.82) is 0 Å². The number of halogens is 1. The lowest BCUT2D eigenvalue weighted by Gasteiger charge is -2.12. The zero-order chi connectivity index (χ0) is 10.8. The third-order valence-corrected chi connectivity index (χ3v) is 2.75. The summed E-state index contributed by atoms with van der Waals surface area (Å²) in [6.07, 6.45) is -0.528. The highest BCUT2D eigenvalue weighted by atomic mass is 79.9. The second-order valence-electron chi connectivity index (χ2n) is 3.33. The third kappa shape index (κ3) is 2.13. The molecule has 1 aromatic carbocycles. The predicted octanol–water partition coefficient (Wildman–Crippen LogP) is 1.73. The van der Waals surface area contributed by atoms with E-state index < -0.39 is 0 Å². The van der Waals surface area contributed by atoms with Gasteiger partial charge in [0.15, 0.2) is 0 Å². The molecule has 0 aliphatic carbocycles. The van der Waals surface area contributed by atoms with Crippen molar-refractivity contribution in [1.82, 2.24) is 0 Å². The second-order valence-corrected chi connectivity index (χ2v) is 4.25. The van der Waals surface area contributed by atoms with E-state index in [2.05, 4.69) is 15.9 Å². The number of nitrogens with two attached hydrogens (primary N) is 1. The van der Waals surface area contributed by atoms with Gasteiger partial charge in [-0.05, 0) is 18.2 Å². The standard InChI is InChI=1S/C10H11BrN2O2/c11-7-2-1-3-8(4-7)13-6-9(5-12)15-10(13)14/h1-4,9H,5-6,12H2. The monoisotopic (exact) mass is 270 g/mol. The Morgan fingerprint density at radius 2 is 2.40 bits per heavy atom. The van der Waals surface area contributed by atoms with Crippen LogP contribution in [-0.2, 0) is 4.74 Å². The molecule has 1 heterocycles. The molecular formula is C10H11BrN2O2. The molecule has 4 nitrogen and oxygen atoms in total. The molecule has 1 atom stereocenters. The minimum atomic E-state index is -0.330. The summed E-state index contributed by atoms with van der Waals surface area (Å²) in [5, 5.41) is 0. The number of carbonyl (C=O) groups is 1. The Hall–Kier alpha value is -1.07. The fourth-order valence-electron chi connectivity index (χ4n) is 1.50. The summed E-state index contributed by atoms with van der Waals surface area (Å²) in [6.45, 7) is 0.877. The largest absolute Gasteiger partial charge is 0.443 e. The summed E-state index contributed by atoms with van der Waals surface area (Å²) in [7, 11) is 0. The van der Waals surface area contributed by atoms with Gasteiger partial charge in [0, 0.05) is 16.7 Å². The van der Waals surface area contributed by atoms with Crippen LogP contribution in [0.3, 0.4) is 0 Å². The van der Waals surface area contributed by atoms with Crippen molar-refractivity contribution < 1.29 is 9.53 Å². The first-order valence-corrected chi connectivity index (χ1v) is 5.44. The van der Waals surface area contributed by atoms with E-state index in [-0.39, 0.29) is 12.2 Å². The smallest absolute Gasteiger partial charge is 0.414 e. The summed E-state index contributed by atoms with van der Waals surface area (Å²) in [5.74, 6) is 0. The van der Waals surface area contributed by atoms with Gasteiger partial charge in [0.25, 0.3) is 0 Å². The molecule has 5 heteroatoms. The average Bonchev–Trinajstić information content (AvgIpc) is 2.60. The Labute approximate surface area is 96.1 Å². The number of amides is 1. The Morgan fingerprint density at radius 1 is 1.60 bits per heavy atom. The van der Waals surface area contributed by atoms with Gasteiger partial charge in [-0.3, -0.25) is 4.90 Å². The minimum absolute atomic E-state index is 0.198. The molecule has 0 saturated carbocycles. The van der Waals surface area contributed by atoms with Gasteiger partial charge in [-0.1, -0.05) is 22.0 Å². The molecule has 2 N–H and O–H groups in total. The number of ether oxygens (including phenoxy) is 1. The number of hydrogen-bond acceptors (Lipinski definition) is 3. The van der Waals surface area contributed by atoms with Crippen LogP contribution in [0, 0.1) is 0 Å². The fraction of sp³-hybridized carbons (Fsp3) is 0.300. The van der Waals surface area contributed by atoms with Crippen LogP contribution in [0.5, 0.6) is 0 Å². The van der Waals surface area contributed by atoms with Gasteiger partial charge in [-0.25, -0.2) is 4.79 Å². The molecule has 1 fully saturated rings. The lowest BCUT2D eigenvalue weighted by Crippen LogP contribution is -2.27. The molecule has 1 aliphatic heterocycles. The molecule has 0 spiro atoms. The highest BCUT2D eigenvalue weighted by Gasteiger charge is 2.31. The lowest BCUT2D eigenvalue weighted by atomic mass is 10.3. The number of benzene rings is 1. The quantitative estimate of drug-likeness (QED) is 0.891. The van der Waals surface area contributed by atoms with Crippen molar-refractivity contribution in [3.8, 4) is 0 Å². The van der Waals surface area contributed by atoms with Crippen LogP contribution in [0.25, 0.3) is 0 Å². The maximum atomic E-state index is 11.5. The number of carbonyl (C=O) groups excluding carboxylic acids is 1. The Kier molecular flexibility index (Phi) is 2.93. The van der Waals surface area contributed by atoms with Crippen molar-refractivity contribution in [2.45, 2.75) is 6.10 Å². The maximum Gasteiger partial charge on any atom is 0.414 e. The van der Waals surface area contributed by atoms with Crippen molar-refractivity contribution in [2.24, 2.45) is 5.73 Å². The van der Waals surface area contributed by atoms with Gasteiger partial charge in [-0.15, -0.1) is 0 Å². The molecule has 1 unspecified atom stereocenters. The first-order valence-electron chi connectivity index (χ1n) is 4.64. The van der Waals surface area contributed by atoms with E-state index in [9.17, 15) is 4.79 Å². The van der Waals surface area contributed by atoms with Crippen LogP contribution in [0.4, 0.5) is 10.5 Å². The molecule has 1 aromatic rings. The predicted molar refractivity (Wildman–Crippen MR) is 60.8 cm³/mol. The fourth-order valence-corrected chi connectivity index (χ4v) is 1.89. The van der Waals surface area contributed by atoms with E-state index in [1.165, 1.54) is 0 Å². The van der Waals surface area contributed by atoms with Crippen LogP contribution in [0.1, 0.15) is 0 Å². The normalized spacial score (nSPS) is 20.5. The first kappa shape index (κ1) is 10.4. The average molecular weight is 271 g/mol. The van der Waals surface area contributed by atoms with E-state index >= 15 is 0 Å². The highest BCUT2D eigenvalue weighted by molar-refractivity contribution is 9.10. The van der Waals surface area contributed by atoms with Crippen molar-refractivity contribution in [3.63, 3.8) is 0 Å². The van der Waals surface area contributed by atoms with Crippen molar-refractivity contribution in [2.75, 3.05) is 18.0 Å². The van der Waals surface area contributed by atoms with E-state index in [4.69, 9.17) is 10.5 Å². The van der Waals surface area contributed by atoms with Gasteiger partial charge < -0.3 is 10.5 Å². The number of nitrogens with zero attached hydrogens (tertiary/aromatic N) is 1. The molecule has 15 heavy (non-hydrogen) atoms. The Morgan fingerprint density at radius 3 is 3.00 bits per heavy atom. The summed E-state index contributed by atoms with van der Waals surface area (Å²) in [5.41, 5.74) is 6.28. The molecule has 1 saturated heterocycles. The zero-order valence-electron chi connectivity index (χ0n) is 8.02. The molecule has 0 radical (unpaired) electrons. The summed E-state index contributed by atoms with van der Waals surface area (Å²) in [6, 6.07) is 7.53. The van der Waals surface area contributed by atoms with E-state index in [1.54, 1.807) is 4.90 Å². The first-order chi connectivity index (χ1) is 7.20. The number of cyclic esters (lactones) is 1. The second kappa shape index (κ2) is 4.20. The number of hydrogen-bond donors (Lipinski definition) is 1. The van der Waals surface area contributed by atoms with Gasteiger partial charge >= 0.3 is 6.09 Å². The van der Waals surface area contributed by atoms with E-state index in [0.29, 0.717) is 13.1 Å². The lowest BCUT2D eigenvalue weighted by molar-refractivity contribution is 0.145. The summed E-state index contributed by atoms with van der Waals surface area (Å²) >= 11 is 3.36. The Bertz CT molecular complexity index is 383. The zero-order valence-corrected chi connectivity index (χ0v) is 9.61. The number of anilines is 1. The third-order valence-electron chi connectivity index (χ3n) is 2.26. The molecule has 0 bridgehead atoms. The van der Waals surface area contributed by atoms with Gasteiger partial charge in [0.2, 0.25) is 0 Å². The number of rotatable bonds is 2. The molecule has 0 aromatic heterocycles. The molecular weight excluding hydrogens is 260 g/mol. The summed E-state index contributed by atoms with van der Waals surface area (Å²) in [4.78, 5) is 13.1. The van der Waals surface area contributed by atoms with Crippen LogP contribution in [-0.4, -0.2) is 25.3 Å². The molecule has 2 rings (SSSR count). The van der Waals surface area contributed by atoms with Crippen molar-refractivity contribution in [3.05, 3.63) is 28.7 Å². The highest BCUT2D eigenvalue weighted by Crippen LogP contribution is 2.24. The van der Waals surface area contributed by atoms with Crippen molar-refractivity contribution >= 4 is 27.7 Å². The van der Waals surface area contributed by atoms with Gasteiger partial charge in [0.05, 0.1) is 6.54 Å². The van der Waals surface area contributed by atoms with Crippen LogP contribution in [0.2, 0.25) is 0 Å². The van der Waals surface area contributed by atoms with Crippen LogP contribution < -0.4 is 10.6 Å². The van der Waals surface area contributed by atoms with Crippen LogP contribution >= 0.6 is 15.9 Å². The maximum absolute atomic E-state index is 11.5. The Balaban J connectivity index is 2.21. The van der Waals surface area contributed by atoms with E-state index in [0.717, 1.165) is 10.2 Å². The molecule has 1 amide bonds. The van der Waals surface area contributed by atoms with Gasteiger partial charge in [-0.2, -0.15) is 0 Å². The topological polar surface area (TPSA) is 55.6 Å². The molecule has 1 aliphatic rings. The SMILES string of the molecule is NCC1CN(c2cccc(Br)c2)C(=O)O1. The molecule has 80 valence electrons. The van der Waals surface area contributed by atoms with Gasteiger partial charge in [0.1, 0.15) is 6.10 Å². The van der Waals surface area contributed by atoms with Crippen LogP contribution in [0.15, 0.2) is 28.7 Å². The summed E-state index contributed by atoms with van der Waals surface area (Å²) < 4.78 is 6.00. The van der Waals surface area contributed by atoms with E-state index in [1.807, 2.05) is 24.3 Å². The minimum Gasteiger partial charge on any atom is -0.443 e.